The molecule has 1 heterocycles. The van der Waals surface area contributed by atoms with Gasteiger partial charge in [-0.3, -0.25) is 10.2 Å². The zero-order chi connectivity index (χ0) is 18.5. The van der Waals surface area contributed by atoms with Crippen molar-refractivity contribution in [3.63, 3.8) is 0 Å². The average molecular weight is 389 g/mol. The van der Waals surface area contributed by atoms with Crippen molar-refractivity contribution in [2.24, 2.45) is 5.10 Å². The molecule has 0 amide bonds. The SMILES string of the molecule is COc1ccc(-n2ncc(N/N=C\c3cccc(Cl)c3)c(Cl)c2=O)cc1. The van der Waals surface area contributed by atoms with Crippen molar-refractivity contribution in [1.29, 1.82) is 0 Å². The third kappa shape index (κ3) is 4.04. The number of hydrogen-bond acceptors (Lipinski definition) is 5. The molecule has 1 aromatic heterocycles. The maximum atomic E-state index is 12.5. The van der Waals surface area contributed by atoms with Crippen molar-refractivity contribution in [3.05, 3.63) is 80.7 Å². The second-order valence-electron chi connectivity index (χ2n) is 5.21. The van der Waals surface area contributed by atoms with Gasteiger partial charge in [0.15, 0.2) is 0 Å². The standard InChI is InChI=1S/C18H14Cl2N4O2/c1-26-15-7-5-14(6-8-15)24-18(25)17(20)16(11-22-24)23-21-10-12-3-2-4-13(19)9-12/h2-11,23H,1H3/b21-10-. The van der Waals surface area contributed by atoms with E-state index in [4.69, 9.17) is 27.9 Å². The Morgan fingerprint density at radius 1 is 1.19 bits per heavy atom. The first-order chi connectivity index (χ1) is 12.6. The largest absolute Gasteiger partial charge is 0.497 e. The van der Waals surface area contributed by atoms with Crippen LogP contribution in [0.5, 0.6) is 5.75 Å². The number of methoxy groups -OCH3 is 1. The molecule has 2 aromatic carbocycles. The van der Waals surface area contributed by atoms with Crippen LogP contribution < -0.4 is 15.7 Å². The Morgan fingerprint density at radius 2 is 1.96 bits per heavy atom. The lowest BCUT2D eigenvalue weighted by Gasteiger charge is -2.08. The van der Waals surface area contributed by atoms with Crippen LogP contribution in [-0.2, 0) is 0 Å². The van der Waals surface area contributed by atoms with Gasteiger partial charge in [-0.25, -0.2) is 0 Å². The fourth-order valence-electron chi connectivity index (χ4n) is 2.18. The van der Waals surface area contributed by atoms with Gasteiger partial charge in [-0.15, -0.1) is 0 Å². The summed E-state index contributed by atoms with van der Waals surface area (Å²) in [4.78, 5) is 12.5. The van der Waals surface area contributed by atoms with Crippen LogP contribution in [0, 0.1) is 0 Å². The molecule has 3 rings (SSSR count). The molecule has 0 atom stereocenters. The zero-order valence-corrected chi connectivity index (χ0v) is 15.2. The molecule has 0 aliphatic carbocycles. The minimum atomic E-state index is -0.459. The van der Waals surface area contributed by atoms with E-state index in [0.29, 0.717) is 22.1 Å². The molecular weight excluding hydrogens is 375 g/mol. The summed E-state index contributed by atoms with van der Waals surface area (Å²) in [5.41, 5.74) is 3.95. The van der Waals surface area contributed by atoms with Crippen molar-refractivity contribution >= 4 is 35.1 Å². The molecule has 8 heteroatoms. The van der Waals surface area contributed by atoms with Crippen LogP contribution in [0.25, 0.3) is 5.69 Å². The maximum absolute atomic E-state index is 12.5. The lowest BCUT2D eigenvalue weighted by Crippen LogP contribution is -2.22. The van der Waals surface area contributed by atoms with Gasteiger partial charge in [0.1, 0.15) is 16.5 Å². The van der Waals surface area contributed by atoms with Crippen LogP contribution in [0.1, 0.15) is 5.56 Å². The highest BCUT2D eigenvalue weighted by atomic mass is 35.5. The van der Waals surface area contributed by atoms with Crippen molar-refractivity contribution in [1.82, 2.24) is 9.78 Å². The maximum Gasteiger partial charge on any atom is 0.292 e. The van der Waals surface area contributed by atoms with Gasteiger partial charge in [0.05, 0.1) is 25.2 Å². The molecule has 0 aliphatic rings. The quantitative estimate of drug-likeness (QED) is 0.529. The molecule has 0 bridgehead atoms. The number of nitrogens with one attached hydrogen (secondary N) is 1. The highest BCUT2D eigenvalue weighted by molar-refractivity contribution is 6.33. The average Bonchev–Trinajstić information content (AvgIpc) is 2.65. The van der Waals surface area contributed by atoms with Gasteiger partial charge in [-0.2, -0.15) is 14.9 Å². The summed E-state index contributed by atoms with van der Waals surface area (Å²) in [7, 11) is 1.57. The van der Waals surface area contributed by atoms with E-state index in [2.05, 4.69) is 15.6 Å². The summed E-state index contributed by atoms with van der Waals surface area (Å²) in [6.07, 6.45) is 3.00. The number of aromatic nitrogens is 2. The number of halogens is 2. The Morgan fingerprint density at radius 3 is 2.65 bits per heavy atom. The molecule has 132 valence electrons. The Kier molecular flexibility index (Phi) is 5.55. The van der Waals surface area contributed by atoms with E-state index in [1.165, 1.54) is 10.9 Å². The van der Waals surface area contributed by atoms with E-state index in [-0.39, 0.29) is 5.02 Å². The predicted molar refractivity (Wildman–Crippen MR) is 104 cm³/mol. The number of anilines is 1. The third-order valence-electron chi connectivity index (χ3n) is 3.48. The summed E-state index contributed by atoms with van der Waals surface area (Å²) < 4.78 is 6.30. The number of nitrogens with zero attached hydrogens (tertiary/aromatic N) is 3. The first-order valence-electron chi connectivity index (χ1n) is 7.55. The fourth-order valence-corrected chi connectivity index (χ4v) is 2.55. The molecule has 0 unspecified atom stereocenters. The highest BCUT2D eigenvalue weighted by Gasteiger charge is 2.10. The molecule has 1 N–H and O–H groups in total. The first-order valence-corrected chi connectivity index (χ1v) is 8.31. The summed E-state index contributed by atoms with van der Waals surface area (Å²) >= 11 is 12.1. The van der Waals surface area contributed by atoms with Crippen LogP contribution in [0.4, 0.5) is 5.69 Å². The molecule has 0 radical (unpaired) electrons. The van der Waals surface area contributed by atoms with Crippen molar-refractivity contribution < 1.29 is 4.74 Å². The normalized spacial score (nSPS) is 10.9. The van der Waals surface area contributed by atoms with Crippen molar-refractivity contribution in [2.45, 2.75) is 0 Å². The van der Waals surface area contributed by atoms with Crippen LogP contribution in [0.15, 0.2) is 64.6 Å². The molecule has 26 heavy (non-hydrogen) atoms. The number of benzene rings is 2. The molecular formula is C18H14Cl2N4O2. The van der Waals surface area contributed by atoms with Crippen LogP contribution in [0.3, 0.4) is 0 Å². The highest BCUT2D eigenvalue weighted by Crippen LogP contribution is 2.18. The second kappa shape index (κ2) is 8.03. The van der Waals surface area contributed by atoms with E-state index < -0.39 is 5.56 Å². The van der Waals surface area contributed by atoms with Gasteiger partial charge >= 0.3 is 0 Å². The Labute approximate surface area is 159 Å². The van der Waals surface area contributed by atoms with E-state index >= 15 is 0 Å². The molecule has 3 aromatic rings. The van der Waals surface area contributed by atoms with E-state index in [0.717, 1.165) is 5.56 Å². The van der Waals surface area contributed by atoms with Crippen LogP contribution >= 0.6 is 23.2 Å². The Balaban J connectivity index is 1.82. The summed E-state index contributed by atoms with van der Waals surface area (Å²) in [5.74, 6) is 0.682. The number of ether oxygens (including phenoxy) is 1. The van der Waals surface area contributed by atoms with Gasteiger partial charge in [0, 0.05) is 5.02 Å². The van der Waals surface area contributed by atoms with Gasteiger partial charge in [-0.05, 0) is 42.0 Å². The van der Waals surface area contributed by atoms with Gasteiger partial charge in [0.25, 0.3) is 5.56 Å². The van der Waals surface area contributed by atoms with E-state index in [1.54, 1.807) is 49.7 Å². The summed E-state index contributed by atoms with van der Waals surface area (Å²) in [5, 5.41) is 8.78. The molecule has 0 spiro atoms. The fraction of sp³-hybridized carbons (Fsp3) is 0.0556. The molecule has 0 saturated carbocycles. The third-order valence-corrected chi connectivity index (χ3v) is 4.08. The van der Waals surface area contributed by atoms with Crippen LogP contribution in [0.2, 0.25) is 10.0 Å². The number of rotatable bonds is 5. The van der Waals surface area contributed by atoms with Gasteiger partial charge < -0.3 is 4.74 Å². The molecule has 0 aliphatic heterocycles. The van der Waals surface area contributed by atoms with Gasteiger partial charge in [-0.1, -0.05) is 35.3 Å². The number of hydrogen-bond donors (Lipinski definition) is 1. The summed E-state index contributed by atoms with van der Waals surface area (Å²) in [6.45, 7) is 0. The zero-order valence-electron chi connectivity index (χ0n) is 13.7. The molecule has 6 nitrogen and oxygen atoms in total. The molecule has 0 saturated heterocycles. The minimum absolute atomic E-state index is 0.0148. The minimum Gasteiger partial charge on any atom is -0.497 e. The van der Waals surface area contributed by atoms with Crippen molar-refractivity contribution in [3.8, 4) is 11.4 Å². The number of hydrazone groups is 1. The second-order valence-corrected chi connectivity index (χ2v) is 6.03. The van der Waals surface area contributed by atoms with Crippen molar-refractivity contribution in [2.75, 3.05) is 12.5 Å². The lowest BCUT2D eigenvalue weighted by atomic mass is 10.2. The van der Waals surface area contributed by atoms with E-state index in [9.17, 15) is 4.79 Å². The first kappa shape index (κ1) is 18.0. The van der Waals surface area contributed by atoms with Gasteiger partial charge in [0.2, 0.25) is 0 Å². The Hall–Kier alpha value is -2.83. The topological polar surface area (TPSA) is 68.5 Å². The van der Waals surface area contributed by atoms with E-state index in [1.807, 2.05) is 12.1 Å². The molecule has 0 fully saturated rings. The summed E-state index contributed by atoms with van der Waals surface area (Å²) in [6, 6.07) is 14.1. The predicted octanol–water partition coefficient (Wildman–Crippen LogP) is 3.99. The Bertz CT molecular complexity index is 1000. The smallest absolute Gasteiger partial charge is 0.292 e. The monoisotopic (exact) mass is 388 g/mol. The lowest BCUT2D eigenvalue weighted by molar-refractivity contribution is 0.414. The van der Waals surface area contributed by atoms with Crippen LogP contribution in [-0.4, -0.2) is 23.1 Å².